The number of rotatable bonds is 10. The van der Waals surface area contributed by atoms with Gasteiger partial charge < -0.3 is 14.8 Å². The lowest BCUT2D eigenvalue weighted by molar-refractivity contribution is -0.119. The van der Waals surface area contributed by atoms with E-state index < -0.39 is 21.7 Å². The summed E-state index contributed by atoms with van der Waals surface area (Å²) in [5.41, 5.74) is 1.20. The van der Waals surface area contributed by atoms with Crippen LogP contribution in [0.2, 0.25) is 0 Å². The van der Waals surface area contributed by atoms with Crippen LogP contribution in [0.3, 0.4) is 0 Å². The van der Waals surface area contributed by atoms with Crippen LogP contribution in [0.4, 0.5) is 5.69 Å². The van der Waals surface area contributed by atoms with E-state index in [9.17, 15) is 13.2 Å². The van der Waals surface area contributed by atoms with Crippen LogP contribution in [0.15, 0.2) is 48.5 Å². The van der Waals surface area contributed by atoms with E-state index in [0.29, 0.717) is 23.8 Å². The fraction of sp³-hybridized carbons (Fsp3) is 0.381. The molecule has 0 aromatic heterocycles. The Kier molecular flexibility index (Phi) is 7.90. The second kappa shape index (κ2) is 10.2. The number of ether oxygens (including phenoxy) is 2. The van der Waals surface area contributed by atoms with Gasteiger partial charge in [0.1, 0.15) is 17.3 Å². The summed E-state index contributed by atoms with van der Waals surface area (Å²) in [5, 5.41) is 2.70. The van der Waals surface area contributed by atoms with Gasteiger partial charge in [-0.15, -0.1) is 0 Å². The molecule has 158 valence electrons. The molecule has 0 bridgehead atoms. The summed E-state index contributed by atoms with van der Waals surface area (Å²) in [7, 11) is -3.84. The van der Waals surface area contributed by atoms with Crippen LogP contribution in [0.1, 0.15) is 39.3 Å². The monoisotopic (exact) mass is 420 g/mol. The van der Waals surface area contributed by atoms with Gasteiger partial charge in [-0.25, -0.2) is 8.42 Å². The first kappa shape index (κ1) is 22.5. The molecule has 1 atom stereocenters. The van der Waals surface area contributed by atoms with Gasteiger partial charge in [-0.1, -0.05) is 12.1 Å². The number of carbonyl (C=O) groups excluding carboxylic acids is 1. The van der Waals surface area contributed by atoms with Gasteiger partial charge >= 0.3 is 0 Å². The van der Waals surface area contributed by atoms with Crippen molar-refractivity contribution < 1.29 is 22.7 Å². The summed E-state index contributed by atoms with van der Waals surface area (Å²) in [6.45, 7) is 8.03. The number of hydrogen-bond donors (Lipinski definition) is 2. The number of hydrogen-bond acceptors (Lipinski definition) is 5. The Morgan fingerprint density at radius 1 is 1.03 bits per heavy atom. The Labute approximate surface area is 172 Å². The van der Waals surface area contributed by atoms with E-state index in [1.807, 2.05) is 45.0 Å². The van der Waals surface area contributed by atoms with Gasteiger partial charge in [0.05, 0.1) is 18.8 Å². The molecule has 0 aliphatic carbocycles. The maximum absolute atomic E-state index is 12.3. The molecule has 2 aromatic carbocycles. The fourth-order valence-corrected chi connectivity index (χ4v) is 3.66. The van der Waals surface area contributed by atoms with Crippen molar-refractivity contribution in [3.8, 4) is 11.5 Å². The Hall–Kier alpha value is -2.74. The molecule has 7 nitrogen and oxygen atoms in total. The van der Waals surface area contributed by atoms with Crippen LogP contribution in [-0.4, -0.2) is 32.8 Å². The second-order valence-corrected chi connectivity index (χ2v) is 8.57. The standard InChI is InChI=1S/C21H28N2O5S/c1-5-27-20-8-6-7-17(13-20)16(4)22-21(24)14-29(25,26)23-18-9-11-19(12-10-18)28-15(2)3/h6-13,15-16,23H,5,14H2,1-4H3,(H,22,24). The van der Waals surface area contributed by atoms with Crippen molar-refractivity contribution in [3.63, 3.8) is 0 Å². The lowest BCUT2D eigenvalue weighted by atomic mass is 10.1. The van der Waals surface area contributed by atoms with Crippen LogP contribution in [0.5, 0.6) is 11.5 Å². The molecule has 0 aliphatic heterocycles. The Morgan fingerprint density at radius 2 is 1.72 bits per heavy atom. The highest BCUT2D eigenvalue weighted by molar-refractivity contribution is 7.93. The van der Waals surface area contributed by atoms with E-state index in [0.717, 1.165) is 5.56 Å². The molecular weight excluding hydrogens is 392 g/mol. The first-order chi connectivity index (χ1) is 13.7. The summed E-state index contributed by atoms with van der Waals surface area (Å²) in [4.78, 5) is 12.2. The fourth-order valence-electron chi connectivity index (χ4n) is 2.67. The minimum Gasteiger partial charge on any atom is -0.494 e. The number of amides is 1. The molecule has 1 unspecified atom stereocenters. The van der Waals surface area contributed by atoms with Gasteiger partial charge in [-0.3, -0.25) is 9.52 Å². The molecule has 0 fully saturated rings. The van der Waals surface area contributed by atoms with Gasteiger partial charge in [0.15, 0.2) is 0 Å². The largest absolute Gasteiger partial charge is 0.494 e. The molecule has 0 spiro atoms. The smallest absolute Gasteiger partial charge is 0.241 e. The zero-order chi connectivity index (χ0) is 21.4. The summed E-state index contributed by atoms with van der Waals surface area (Å²) < 4.78 is 38.0. The Morgan fingerprint density at radius 3 is 2.34 bits per heavy atom. The second-order valence-electron chi connectivity index (χ2n) is 6.85. The molecule has 0 aliphatic rings. The lowest BCUT2D eigenvalue weighted by Crippen LogP contribution is -2.34. The van der Waals surface area contributed by atoms with E-state index >= 15 is 0 Å². The molecule has 0 saturated carbocycles. The Balaban J connectivity index is 1.93. The minimum absolute atomic E-state index is 0.0254. The molecule has 29 heavy (non-hydrogen) atoms. The average molecular weight is 421 g/mol. The third kappa shape index (κ3) is 7.65. The third-order valence-electron chi connectivity index (χ3n) is 3.87. The van der Waals surface area contributed by atoms with Crippen molar-refractivity contribution in [2.45, 2.75) is 39.8 Å². The topological polar surface area (TPSA) is 93.7 Å². The normalized spacial score (nSPS) is 12.3. The van der Waals surface area contributed by atoms with Crippen LogP contribution in [0.25, 0.3) is 0 Å². The Bertz CT molecular complexity index is 911. The number of carbonyl (C=O) groups is 1. The number of sulfonamides is 1. The summed E-state index contributed by atoms with van der Waals surface area (Å²) >= 11 is 0. The molecule has 0 radical (unpaired) electrons. The van der Waals surface area contributed by atoms with Crippen molar-refractivity contribution in [2.75, 3.05) is 17.1 Å². The summed E-state index contributed by atoms with van der Waals surface area (Å²) in [6.07, 6.45) is 0.0254. The molecule has 0 heterocycles. The quantitative estimate of drug-likeness (QED) is 0.614. The maximum Gasteiger partial charge on any atom is 0.241 e. The van der Waals surface area contributed by atoms with Gasteiger partial charge in [-0.05, 0) is 69.7 Å². The van der Waals surface area contributed by atoms with Crippen LogP contribution >= 0.6 is 0 Å². The number of nitrogens with one attached hydrogen (secondary N) is 2. The number of anilines is 1. The van der Waals surface area contributed by atoms with E-state index in [2.05, 4.69) is 10.0 Å². The summed E-state index contributed by atoms with van der Waals surface area (Å²) in [6, 6.07) is 13.5. The van der Waals surface area contributed by atoms with Crippen molar-refractivity contribution in [1.29, 1.82) is 0 Å². The minimum atomic E-state index is -3.84. The first-order valence-electron chi connectivity index (χ1n) is 9.48. The van der Waals surface area contributed by atoms with Crippen LogP contribution < -0.4 is 19.5 Å². The van der Waals surface area contributed by atoms with E-state index in [1.165, 1.54) is 0 Å². The van der Waals surface area contributed by atoms with Gasteiger partial charge in [0.25, 0.3) is 0 Å². The van der Waals surface area contributed by atoms with Gasteiger partial charge in [0.2, 0.25) is 15.9 Å². The van der Waals surface area contributed by atoms with Crippen molar-refractivity contribution in [1.82, 2.24) is 5.32 Å². The SMILES string of the molecule is CCOc1cccc(C(C)NC(=O)CS(=O)(=O)Nc2ccc(OC(C)C)cc2)c1. The zero-order valence-electron chi connectivity index (χ0n) is 17.1. The highest BCUT2D eigenvalue weighted by Crippen LogP contribution is 2.20. The predicted molar refractivity (Wildman–Crippen MR) is 114 cm³/mol. The van der Waals surface area contributed by atoms with Crippen molar-refractivity contribution >= 4 is 21.6 Å². The van der Waals surface area contributed by atoms with E-state index in [-0.39, 0.29) is 12.1 Å². The molecule has 2 N–H and O–H groups in total. The maximum atomic E-state index is 12.3. The zero-order valence-corrected chi connectivity index (χ0v) is 18.0. The molecule has 1 amide bonds. The number of benzene rings is 2. The van der Waals surface area contributed by atoms with Gasteiger partial charge in [0, 0.05) is 5.69 Å². The van der Waals surface area contributed by atoms with Gasteiger partial charge in [-0.2, -0.15) is 0 Å². The van der Waals surface area contributed by atoms with E-state index in [4.69, 9.17) is 9.47 Å². The highest BCUT2D eigenvalue weighted by atomic mass is 32.2. The van der Waals surface area contributed by atoms with Crippen molar-refractivity contribution in [3.05, 3.63) is 54.1 Å². The van der Waals surface area contributed by atoms with Crippen molar-refractivity contribution in [2.24, 2.45) is 0 Å². The molecule has 2 aromatic rings. The molecule has 8 heteroatoms. The predicted octanol–water partition coefficient (Wildman–Crippen LogP) is 3.49. The first-order valence-corrected chi connectivity index (χ1v) is 11.1. The molecule has 2 rings (SSSR count). The van der Waals surface area contributed by atoms with Crippen LogP contribution in [0, 0.1) is 0 Å². The van der Waals surface area contributed by atoms with Crippen LogP contribution in [-0.2, 0) is 14.8 Å². The average Bonchev–Trinajstić information content (AvgIpc) is 2.62. The molecule has 0 saturated heterocycles. The third-order valence-corrected chi connectivity index (χ3v) is 5.06. The van der Waals surface area contributed by atoms with E-state index in [1.54, 1.807) is 31.2 Å². The summed E-state index contributed by atoms with van der Waals surface area (Å²) in [5.74, 6) is 0.0767. The molecular formula is C21H28N2O5S. The lowest BCUT2D eigenvalue weighted by Gasteiger charge is -2.16. The highest BCUT2D eigenvalue weighted by Gasteiger charge is 2.19.